The first-order valence-electron chi connectivity index (χ1n) is 39.2. The first-order valence-corrected chi connectivity index (χ1v) is 42.2. The molecular formula is C76H148O17P2. The van der Waals surface area contributed by atoms with E-state index in [1.807, 2.05) is 0 Å². The number of carbonyl (C=O) groups is 4. The SMILES string of the molecule is CCC(C)CCCCCCCCCCCCCCCCCCCCC(=O)O[C@H](COC(=O)CCCCCCCCCCC(C)C)COP(=O)(O)OCC(O)COP(=O)(O)OC[C@@H](COC(=O)CCCCCCCCCC(C)C)OC(=O)CCCCCCCCCCCC(C)C. The number of hydrogen-bond donors (Lipinski definition) is 3. The Hall–Kier alpha value is -1.94. The van der Waals surface area contributed by atoms with Crippen LogP contribution in [0.4, 0.5) is 0 Å². The van der Waals surface area contributed by atoms with E-state index in [4.69, 9.17) is 37.0 Å². The van der Waals surface area contributed by atoms with Crippen LogP contribution in [0.1, 0.15) is 383 Å². The zero-order valence-electron chi connectivity index (χ0n) is 62.3. The van der Waals surface area contributed by atoms with Crippen LogP contribution in [0.25, 0.3) is 0 Å². The van der Waals surface area contributed by atoms with Gasteiger partial charge >= 0.3 is 39.5 Å². The van der Waals surface area contributed by atoms with Gasteiger partial charge in [-0.3, -0.25) is 37.3 Å². The fraction of sp³-hybridized carbons (Fsp3) is 0.947. The van der Waals surface area contributed by atoms with Gasteiger partial charge in [-0.2, -0.15) is 0 Å². The monoisotopic (exact) mass is 1400 g/mol. The molecule has 0 aliphatic heterocycles. The lowest BCUT2D eigenvalue weighted by Crippen LogP contribution is -2.30. The maximum Gasteiger partial charge on any atom is 0.472 e. The summed E-state index contributed by atoms with van der Waals surface area (Å²) in [6.07, 6.45) is 50.2. The first kappa shape index (κ1) is 93.1. The van der Waals surface area contributed by atoms with Crippen molar-refractivity contribution < 1.29 is 80.2 Å². The van der Waals surface area contributed by atoms with Crippen LogP contribution in [-0.4, -0.2) is 96.7 Å². The Balaban J connectivity index is 5.17. The van der Waals surface area contributed by atoms with Crippen molar-refractivity contribution in [3.63, 3.8) is 0 Å². The van der Waals surface area contributed by atoms with Crippen molar-refractivity contribution in [1.82, 2.24) is 0 Å². The highest BCUT2D eigenvalue weighted by Crippen LogP contribution is 2.45. The van der Waals surface area contributed by atoms with Crippen LogP contribution in [0.15, 0.2) is 0 Å². The molecule has 4 unspecified atom stereocenters. The molecule has 0 heterocycles. The van der Waals surface area contributed by atoms with Crippen LogP contribution >= 0.6 is 15.6 Å². The van der Waals surface area contributed by atoms with Crippen LogP contribution in [0.5, 0.6) is 0 Å². The van der Waals surface area contributed by atoms with E-state index < -0.39 is 97.5 Å². The van der Waals surface area contributed by atoms with E-state index in [9.17, 15) is 43.2 Å². The molecule has 0 radical (unpaired) electrons. The van der Waals surface area contributed by atoms with Gasteiger partial charge in [-0.05, 0) is 49.4 Å². The minimum Gasteiger partial charge on any atom is -0.462 e. The number of phosphoric ester groups is 2. The molecule has 0 amide bonds. The Morgan fingerprint density at radius 1 is 0.295 bits per heavy atom. The average molecular weight is 1400 g/mol. The molecule has 6 atom stereocenters. The Morgan fingerprint density at radius 2 is 0.505 bits per heavy atom. The van der Waals surface area contributed by atoms with Crippen molar-refractivity contribution in [2.24, 2.45) is 23.7 Å². The van der Waals surface area contributed by atoms with Gasteiger partial charge in [-0.25, -0.2) is 9.13 Å². The number of esters is 4. The summed E-state index contributed by atoms with van der Waals surface area (Å²) in [5.74, 6) is 0.914. The van der Waals surface area contributed by atoms with E-state index in [0.29, 0.717) is 31.6 Å². The molecule has 0 fully saturated rings. The Kier molecular flexibility index (Phi) is 64.0. The molecule has 19 heteroatoms. The maximum atomic E-state index is 13.1. The molecule has 0 aromatic carbocycles. The summed E-state index contributed by atoms with van der Waals surface area (Å²) in [5, 5.41) is 10.6. The summed E-state index contributed by atoms with van der Waals surface area (Å²) in [5.41, 5.74) is 0. The molecule has 0 bridgehead atoms. The van der Waals surface area contributed by atoms with Crippen LogP contribution in [0.2, 0.25) is 0 Å². The molecule has 17 nitrogen and oxygen atoms in total. The summed E-state index contributed by atoms with van der Waals surface area (Å²) in [6.45, 7) is 14.1. The van der Waals surface area contributed by atoms with E-state index in [0.717, 1.165) is 114 Å². The van der Waals surface area contributed by atoms with Crippen LogP contribution in [0, 0.1) is 23.7 Å². The lowest BCUT2D eigenvalue weighted by molar-refractivity contribution is -0.161. The molecule has 95 heavy (non-hydrogen) atoms. The van der Waals surface area contributed by atoms with Crippen molar-refractivity contribution >= 4 is 39.5 Å². The zero-order chi connectivity index (χ0) is 70.3. The summed E-state index contributed by atoms with van der Waals surface area (Å²) in [6, 6.07) is 0. The number of unbranched alkanes of at least 4 members (excludes halogenated alkanes) is 38. The lowest BCUT2D eigenvalue weighted by atomic mass is 9.99. The van der Waals surface area contributed by atoms with Gasteiger partial charge in [0.15, 0.2) is 12.2 Å². The first-order chi connectivity index (χ1) is 45.6. The van der Waals surface area contributed by atoms with Crippen LogP contribution in [-0.2, 0) is 65.4 Å². The van der Waals surface area contributed by atoms with Gasteiger partial charge in [0, 0.05) is 25.7 Å². The van der Waals surface area contributed by atoms with Crippen molar-refractivity contribution in [2.45, 2.75) is 401 Å². The number of carbonyl (C=O) groups excluding carboxylic acids is 4. The number of ether oxygens (including phenoxy) is 4. The highest BCUT2D eigenvalue weighted by Gasteiger charge is 2.30. The van der Waals surface area contributed by atoms with Gasteiger partial charge < -0.3 is 33.8 Å². The molecule has 0 saturated carbocycles. The normalized spacial score (nSPS) is 14.4. The third-order valence-electron chi connectivity index (χ3n) is 17.9. The lowest BCUT2D eigenvalue weighted by Gasteiger charge is -2.21. The van der Waals surface area contributed by atoms with Crippen molar-refractivity contribution in [1.29, 1.82) is 0 Å². The molecule has 564 valence electrons. The third-order valence-corrected chi connectivity index (χ3v) is 19.8. The minimum absolute atomic E-state index is 0.104. The quantitative estimate of drug-likeness (QED) is 0.0222. The molecule has 0 spiro atoms. The Bertz CT molecular complexity index is 1870. The largest absolute Gasteiger partial charge is 0.472 e. The standard InChI is InChI=1S/C76H148O17P2/c1-9-69(8)55-47-39-31-22-18-16-14-12-10-11-13-15-17-19-23-33-42-50-58-75(80)92-71(62-86-73(78)56-48-40-32-26-25-29-37-45-53-67(4)5)64-90-94(82,83)88-60-70(77)61-89-95(84,85)91-65-72(63-87-74(79)57-49-41-35-27-30-38-46-54-68(6)7)93-76(81)59-51-43-34-24-20-21-28-36-44-52-66(2)3/h66-72,77H,9-65H2,1-8H3,(H,82,83)(H,84,85)/t69?,70?,71-,72-/m1/s1. The molecule has 0 aliphatic rings. The molecule has 0 aromatic rings. The van der Waals surface area contributed by atoms with Gasteiger partial charge in [0.05, 0.1) is 26.4 Å². The van der Waals surface area contributed by atoms with E-state index in [-0.39, 0.29) is 25.7 Å². The number of phosphoric acid groups is 2. The smallest absolute Gasteiger partial charge is 0.462 e. The number of rotatable bonds is 73. The molecule has 3 N–H and O–H groups in total. The summed E-state index contributed by atoms with van der Waals surface area (Å²) < 4.78 is 68.4. The van der Waals surface area contributed by atoms with E-state index in [1.165, 1.54) is 180 Å². The average Bonchev–Trinajstić information content (AvgIpc) is 1.51. The number of aliphatic hydroxyl groups is 1. The Morgan fingerprint density at radius 3 is 0.747 bits per heavy atom. The van der Waals surface area contributed by atoms with E-state index in [1.54, 1.807) is 0 Å². The highest BCUT2D eigenvalue weighted by molar-refractivity contribution is 7.47. The fourth-order valence-corrected chi connectivity index (χ4v) is 13.1. The van der Waals surface area contributed by atoms with Gasteiger partial charge in [-0.15, -0.1) is 0 Å². The number of hydrogen-bond acceptors (Lipinski definition) is 15. The highest BCUT2D eigenvalue weighted by atomic mass is 31.2. The summed E-state index contributed by atoms with van der Waals surface area (Å²) >= 11 is 0. The second-order valence-corrected chi connectivity index (χ2v) is 32.0. The van der Waals surface area contributed by atoms with Crippen molar-refractivity contribution in [2.75, 3.05) is 39.6 Å². The van der Waals surface area contributed by atoms with Crippen molar-refractivity contribution in [3.05, 3.63) is 0 Å². The third kappa shape index (κ3) is 69.0. The zero-order valence-corrected chi connectivity index (χ0v) is 64.1. The topological polar surface area (TPSA) is 237 Å². The second kappa shape index (κ2) is 65.4. The van der Waals surface area contributed by atoms with Gasteiger partial charge in [-0.1, -0.05) is 331 Å². The predicted molar refractivity (Wildman–Crippen MR) is 386 cm³/mol. The summed E-state index contributed by atoms with van der Waals surface area (Å²) in [7, 11) is -9.91. The van der Waals surface area contributed by atoms with Gasteiger partial charge in [0.2, 0.25) is 0 Å². The molecule has 0 aliphatic carbocycles. The second-order valence-electron chi connectivity index (χ2n) is 29.1. The summed E-state index contributed by atoms with van der Waals surface area (Å²) in [4.78, 5) is 72.7. The number of aliphatic hydroxyl groups excluding tert-OH is 1. The van der Waals surface area contributed by atoms with Crippen LogP contribution in [0.3, 0.4) is 0 Å². The minimum atomic E-state index is -4.96. The molecule has 0 rings (SSSR count). The maximum absolute atomic E-state index is 13.1. The van der Waals surface area contributed by atoms with Gasteiger partial charge in [0.1, 0.15) is 19.3 Å². The molecule has 0 saturated heterocycles. The van der Waals surface area contributed by atoms with Crippen LogP contribution < -0.4 is 0 Å². The van der Waals surface area contributed by atoms with Gasteiger partial charge in [0.25, 0.3) is 0 Å². The van der Waals surface area contributed by atoms with Crippen molar-refractivity contribution in [3.8, 4) is 0 Å². The fourth-order valence-electron chi connectivity index (χ4n) is 11.5. The van der Waals surface area contributed by atoms with E-state index >= 15 is 0 Å². The Labute approximate surface area is 581 Å². The van der Waals surface area contributed by atoms with E-state index in [2.05, 4.69) is 55.4 Å². The molecule has 0 aromatic heterocycles. The predicted octanol–water partition coefficient (Wildman–Crippen LogP) is 22.0. The molecular weight excluding hydrogens is 1250 g/mol.